The number of anilines is 1. The van der Waals surface area contributed by atoms with Gasteiger partial charge in [0.05, 0.1) is 41.9 Å². The Bertz CT molecular complexity index is 3430. The number of benzene rings is 2. The van der Waals surface area contributed by atoms with Gasteiger partial charge < -0.3 is 66.5 Å². The number of nitrogens with two attached hydrogens (primary N) is 1. The number of thioether (sulfide) groups is 1. The minimum Gasteiger partial charge on any atom is -0.445 e. The number of carbonyl (C=O) groups is 14. The van der Waals surface area contributed by atoms with Crippen molar-refractivity contribution in [2.75, 3.05) is 65.6 Å². The summed E-state index contributed by atoms with van der Waals surface area (Å²) in [6, 6.07) is 3.46. The summed E-state index contributed by atoms with van der Waals surface area (Å²) in [5.41, 5.74) is 5.93. The number of nitrogens with zero attached hydrogens (tertiary/aromatic N) is 5. The zero-order valence-electron chi connectivity index (χ0n) is 64.5. The van der Waals surface area contributed by atoms with Crippen LogP contribution in [0.3, 0.4) is 0 Å². The number of amides is 14. The van der Waals surface area contributed by atoms with Crippen molar-refractivity contribution < 1.29 is 95.0 Å². The Hall–Kier alpha value is -8.85. The van der Waals surface area contributed by atoms with E-state index in [9.17, 15) is 75.9 Å². The zero-order chi connectivity index (χ0) is 80.2. The largest absolute Gasteiger partial charge is 0.445 e. The lowest BCUT2D eigenvalue weighted by molar-refractivity contribution is -0.197. The highest BCUT2D eigenvalue weighted by Gasteiger charge is 2.45. The van der Waals surface area contributed by atoms with E-state index in [1.807, 2.05) is 13.8 Å². The van der Waals surface area contributed by atoms with Gasteiger partial charge in [-0.05, 0) is 111 Å². The Kier molecular flexibility index (Phi) is 36.5. The molecule has 2 aromatic rings. The maximum Gasteiger partial charge on any atom is 0.410 e. The predicted octanol–water partition coefficient (Wildman–Crippen LogP) is 5.80. The van der Waals surface area contributed by atoms with Gasteiger partial charge in [-0.15, -0.1) is 16.8 Å². The second-order valence-corrected chi connectivity index (χ2v) is 30.1. The Labute approximate surface area is 635 Å². The number of methoxy groups -OCH3 is 2. The van der Waals surface area contributed by atoms with Crippen molar-refractivity contribution in [3.8, 4) is 0 Å². The van der Waals surface area contributed by atoms with E-state index in [1.54, 1.807) is 84.7 Å². The van der Waals surface area contributed by atoms with E-state index in [0.717, 1.165) is 17.0 Å². The summed E-state index contributed by atoms with van der Waals surface area (Å²) in [5, 5.41) is 16.3. The number of primary amides is 1. The maximum absolute atomic E-state index is 14.8. The molecule has 3 fully saturated rings. The zero-order valence-corrected chi connectivity index (χ0v) is 65.3. The normalized spacial score (nSPS) is 17.7. The van der Waals surface area contributed by atoms with Crippen LogP contribution in [0.2, 0.25) is 0 Å². The van der Waals surface area contributed by atoms with Crippen LogP contribution >= 0.6 is 11.8 Å². The lowest BCUT2D eigenvalue weighted by Crippen LogP contribution is -2.60. The molecule has 3 saturated heterocycles. The molecule has 5 rings (SSSR count). The topological polar surface area (TPSA) is 390 Å². The van der Waals surface area contributed by atoms with Crippen LogP contribution in [-0.2, 0) is 89.6 Å². The van der Waals surface area contributed by atoms with Gasteiger partial charge in [-0.1, -0.05) is 93.4 Å². The fourth-order valence-corrected chi connectivity index (χ4v) is 14.7. The van der Waals surface area contributed by atoms with Crippen LogP contribution in [0.15, 0.2) is 42.5 Å². The van der Waals surface area contributed by atoms with Gasteiger partial charge in [-0.25, -0.2) is 23.2 Å². The Morgan fingerprint density at radius 1 is 0.704 bits per heavy atom. The molecular weight excluding hydrogens is 1430 g/mol. The number of hydrogen-bond donors (Lipinski definition) is 7. The molecule has 0 bridgehead atoms. The molecule has 0 aliphatic carbocycles. The third-order valence-electron chi connectivity index (χ3n) is 19.8. The first kappa shape index (κ1) is 89.8. The van der Waals surface area contributed by atoms with E-state index in [4.69, 9.17) is 24.8 Å². The molecule has 30 nitrogen and oxygen atoms in total. The molecule has 3 aliphatic heterocycles. The molecule has 14 amide bonds. The van der Waals surface area contributed by atoms with Crippen molar-refractivity contribution in [1.82, 2.24) is 51.2 Å². The number of imide groups is 2. The van der Waals surface area contributed by atoms with Crippen LogP contribution in [0, 0.1) is 41.2 Å². The second-order valence-electron chi connectivity index (χ2n) is 28.8. The number of rotatable bonds is 44. The fourth-order valence-electron chi connectivity index (χ4n) is 13.5. The molecule has 108 heavy (non-hydrogen) atoms. The number of likely N-dealkylation sites (N-methyl/N-ethyl adjacent to an activating group) is 2. The number of ether oxygens (including phenoxy) is 3. The van der Waals surface area contributed by atoms with E-state index in [0.29, 0.717) is 67.1 Å². The van der Waals surface area contributed by atoms with Crippen molar-refractivity contribution in [2.24, 2.45) is 35.3 Å². The molecule has 600 valence electrons. The second kappa shape index (κ2) is 44.0. The number of nitrogens with one attached hydrogen (secondary N) is 6. The summed E-state index contributed by atoms with van der Waals surface area (Å²) in [5.74, 6) is -9.51. The van der Waals surface area contributed by atoms with E-state index >= 15 is 0 Å². The molecule has 3 aliphatic rings. The van der Waals surface area contributed by atoms with Crippen LogP contribution in [0.5, 0.6) is 0 Å². The summed E-state index contributed by atoms with van der Waals surface area (Å²) >= 11 is 1.23. The highest BCUT2D eigenvalue weighted by Crippen LogP contribution is 2.31. The average Bonchev–Trinajstić information content (AvgIpc) is 1.36. The summed E-state index contributed by atoms with van der Waals surface area (Å²) in [6.45, 7) is 16.4. The van der Waals surface area contributed by atoms with Gasteiger partial charge in [0.15, 0.2) is 0 Å². The highest BCUT2D eigenvalue weighted by molar-refractivity contribution is 8.00. The van der Waals surface area contributed by atoms with Gasteiger partial charge in [0, 0.05) is 97.8 Å². The number of carbonyl (C=O) groups excluding carboxylic acids is 14. The Morgan fingerprint density at radius 2 is 1.36 bits per heavy atom. The van der Waals surface area contributed by atoms with Crippen molar-refractivity contribution in [2.45, 2.75) is 225 Å². The number of unbranched alkanes of at least 4 members (excludes halogenated alkanes) is 2. The van der Waals surface area contributed by atoms with Gasteiger partial charge in [0.2, 0.25) is 53.2 Å². The molecule has 8 N–H and O–H groups in total. The summed E-state index contributed by atoms with van der Waals surface area (Å²) in [4.78, 5) is 195. The van der Waals surface area contributed by atoms with Crippen molar-refractivity contribution in [3.05, 3.63) is 65.2 Å². The van der Waals surface area contributed by atoms with Crippen LogP contribution in [0.1, 0.15) is 170 Å². The minimum absolute atomic E-state index is 0.00745. The highest BCUT2D eigenvalue weighted by atomic mass is 32.2. The van der Waals surface area contributed by atoms with Crippen LogP contribution < -0.4 is 37.6 Å². The van der Waals surface area contributed by atoms with Crippen LogP contribution in [-0.4, -0.2) is 222 Å². The van der Waals surface area contributed by atoms with Gasteiger partial charge in [-0.3, -0.25) is 62.5 Å². The summed E-state index contributed by atoms with van der Waals surface area (Å²) < 4.78 is 46.3. The van der Waals surface area contributed by atoms with Crippen molar-refractivity contribution in [3.63, 3.8) is 0 Å². The Balaban J connectivity index is 1.12. The molecule has 2 aromatic carbocycles. The molecule has 11 atom stereocenters. The number of halogens is 2. The quantitative estimate of drug-likeness (QED) is 0.0304. The monoisotopic (exact) mass is 1540 g/mol. The first-order chi connectivity index (χ1) is 51.1. The van der Waals surface area contributed by atoms with Crippen LogP contribution in [0.4, 0.5) is 24.1 Å². The average molecular weight is 1540 g/mol. The SMILES string of the molecule is CC[C@H](C)C([C@@H](CC(=O)N1CCC[C@H]1[C@H](OC)[C@@H](C)C(=O)NCCc1c(F)cccc1F)OC)N(C)C(=O)[C@@H](NC(=O)[C@H](C(C)C)N(C)C(=O)OCc1ccc(NC(=O)[C@H](CCCNC(N)=O)NC(=O)[C@@H](NC(=O)CCCCCN2C(=O)CC(SCCCC(=O)ON3C(=O)CCC3=O)C2=O)C(C)C)cc1)C(C)C. The van der Waals surface area contributed by atoms with E-state index in [2.05, 4.69) is 31.9 Å². The summed E-state index contributed by atoms with van der Waals surface area (Å²) in [7, 11) is 5.94. The fraction of sp³-hybridized carbons (Fsp3) is 0.653. The van der Waals surface area contributed by atoms with Crippen LogP contribution in [0.25, 0.3) is 0 Å². The number of likely N-dealkylation sites (tertiary alicyclic amines) is 2. The third-order valence-corrected chi connectivity index (χ3v) is 21.1. The lowest BCUT2D eigenvalue weighted by Gasteiger charge is -2.41. The van der Waals surface area contributed by atoms with E-state index < -0.39 is 154 Å². The number of hydroxylamine groups is 2. The van der Waals surface area contributed by atoms with Gasteiger partial charge in [-0.2, -0.15) is 0 Å². The smallest absolute Gasteiger partial charge is 0.410 e. The lowest BCUT2D eigenvalue weighted by atomic mass is 9.89. The standard InChI is InChI=1S/C75H112F2N12O18S/c1-14-46(8)66(55(104-12)40-60(93)87-38-20-25-54(87)67(105-13)47(9)68(96)79-36-34-50-51(76)22-18-23-52(50)77)85(10)73(101)64(44(4)5)84-71(99)65(45(6)7)86(11)75(103)106-42-48-28-30-49(31-29-48)81-69(97)53(24-19-35-80-74(78)102)82-70(98)63(43(2)3)83-57(90)26-16-15-17-37-88-61(94)41-56(72(88)100)108-39-21-27-62(95)107-89-58(91)32-33-59(89)92/h18,22-23,28-31,43-47,53-56,63-67H,14-17,19-21,24-27,32-42H2,1-13H3,(H,79,96)(H,81,97)(H,82,98)(H,83,90)(H,84,99)(H3,78,80,102)/t46-,47+,53-,54-,55+,56?,63-,64-,65-,66?,67+/m0/s1. The van der Waals surface area contributed by atoms with Gasteiger partial charge in [0.25, 0.3) is 11.8 Å². The van der Waals surface area contributed by atoms with Crippen molar-refractivity contribution in [1.29, 1.82) is 0 Å². The summed E-state index contributed by atoms with van der Waals surface area (Å²) in [6.07, 6.45) is 0.801. The maximum atomic E-state index is 14.8. The number of hydrogen-bond acceptors (Lipinski definition) is 19. The molecule has 33 heteroatoms. The van der Waals surface area contributed by atoms with E-state index in [-0.39, 0.29) is 120 Å². The molecule has 0 aromatic heterocycles. The number of urea groups is 1. The Morgan fingerprint density at radius 3 is 1.96 bits per heavy atom. The molecule has 0 saturated carbocycles. The molecule has 3 heterocycles. The molecular formula is C75H112F2N12O18S. The molecule has 0 spiro atoms. The third kappa shape index (κ3) is 26.2. The van der Waals surface area contributed by atoms with Gasteiger partial charge >= 0.3 is 18.1 Å². The van der Waals surface area contributed by atoms with Crippen molar-refractivity contribution >= 4 is 101 Å². The van der Waals surface area contributed by atoms with E-state index in [1.165, 1.54) is 48.9 Å². The minimum atomic E-state index is -1.16. The van der Waals surface area contributed by atoms with Gasteiger partial charge in [0.1, 0.15) is 42.4 Å². The first-order valence-corrected chi connectivity index (χ1v) is 38.3. The predicted molar refractivity (Wildman–Crippen MR) is 396 cm³/mol. The molecule has 2 unspecified atom stereocenters. The first-order valence-electron chi connectivity index (χ1n) is 37.2. The molecule has 0 radical (unpaired) electrons.